The van der Waals surface area contributed by atoms with Crippen molar-refractivity contribution in [3.05, 3.63) is 47.9 Å². The summed E-state index contributed by atoms with van der Waals surface area (Å²) in [5.74, 6) is -0.646. The third-order valence-electron chi connectivity index (χ3n) is 4.04. The van der Waals surface area contributed by atoms with E-state index in [-0.39, 0.29) is 23.7 Å². The quantitative estimate of drug-likeness (QED) is 0.823. The second kappa shape index (κ2) is 7.07. The lowest BCUT2D eigenvalue weighted by molar-refractivity contribution is 0.0690. The van der Waals surface area contributed by atoms with Gasteiger partial charge in [0.1, 0.15) is 5.82 Å². The highest BCUT2D eigenvalue weighted by Gasteiger charge is 2.29. The molecule has 2 aromatic rings. The highest BCUT2D eigenvalue weighted by Crippen LogP contribution is 2.20. The summed E-state index contributed by atoms with van der Waals surface area (Å²) in [5, 5.41) is 17.7. The Balaban J connectivity index is 1.69. The highest BCUT2D eigenvalue weighted by atomic mass is 32.2. The minimum absolute atomic E-state index is 0.143. The summed E-state index contributed by atoms with van der Waals surface area (Å²) in [6, 6.07) is 7.76. The molecule has 0 unspecified atom stereocenters. The Morgan fingerprint density at radius 1 is 1.08 bits per heavy atom. The molecule has 9 nitrogen and oxygen atoms in total. The summed E-state index contributed by atoms with van der Waals surface area (Å²) in [4.78, 5) is 20.7. The molecule has 1 aliphatic rings. The van der Waals surface area contributed by atoms with E-state index in [1.54, 1.807) is 0 Å². The fraction of sp³-hybridized carbons (Fsp3) is 0.250. The van der Waals surface area contributed by atoms with Gasteiger partial charge in [0, 0.05) is 26.2 Å². The van der Waals surface area contributed by atoms with Crippen LogP contribution in [-0.2, 0) is 10.0 Å². The molecule has 134 valence electrons. The molecule has 0 bridgehead atoms. The number of piperazine rings is 1. The molecule has 0 atom stereocenters. The molecular formula is C16H15N5O4S. The molecule has 1 aromatic heterocycles. The van der Waals surface area contributed by atoms with Crippen LogP contribution < -0.4 is 4.90 Å². The first-order valence-corrected chi connectivity index (χ1v) is 9.16. The van der Waals surface area contributed by atoms with Crippen LogP contribution in [0, 0.1) is 11.3 Å². The smallest absolute Gasteiger partial charge is 0.356 e. The Kier molecular flexibility index (Phi) is 4.83. The van der Waals surface area contributed by atoms with Crippen LogP contribution in [0.15, 0.2) is 41.6 Å². The zero-order chi connectivity index (χ0) is 18.7. The monoisotopic (exact) mass is 373 g/mol. The van der Waals surface area contributed by atoms with E-state index < -0.39 is 16.0 Å². The predicted molar refractivity (Wildman–Crippen MR) is 91.1 cm³/mol. The van der Waals surface area contributed by atoms with Crippen molar-refractivity contribution in [1.29, 1.82) is 5.26 Å². The number of hydrogen-bond acceptors (Lipinski definition) is 7. The van der Waals surface area contributed by atoms with Gasteiger partial charge in [0.15, 0.2) is 5.69 Å². The van der Waals surface area contributed by atoms with E-state index in [0.29, 0.717) is 24.5 Å². The zero-order valence-electron chi connectivity index (χ0n) is 13.6. The minimum Gasteiger partial charge on any atom is -0.476 e. The number of rotatable bonds is 4. The normalized spacial score (nSPS) is 15.4. The van der Waals surface area contributed by atoms with Crippen molar-refractivity contribution in [2.24, 2.45) is 0 Å². The average molecular weight is 373 g/mol. The Morgan fingerprint density at radius 2 is 1.73 bits per heavy atom. The van der Waals surface area contributed by atoms with Gasteiger partial charge in [-0.3, -0.25) is 0 Å². The molecule has 1 saturated heterocycles. The van der Waals surface area contributed by atoms with Crippen LogP contribution in [-0.4, -0.2) is 59.9 Å². The van der Waals surface area contributed by atoms with Crippen LogP contribution in [0.4, 0.5) is 5.82 Å². The maximum Gasteiger partial charge on any atom is 0.356 e. The number of aromatic nitrogens is 2. The summed E-state index contributed by atoms with van der Waals surface area (Å²) < 4.78 is 26.7. The number of nitriles is 1. The molecule has 2 heterocycles. The van der Waals surface area contributed by atoms with Crippen molar-refractivity contribution in [2.75, 3.05) is 31.1 Å². The largest absolute Gasteiger partial charge is 0.476 e. The maximum absolute atomic E-state index is 12.7. The molecule has 3 rings (SSSR count). The molecule has 10 heteroatoms. The Bertz CT molecular complexity index is 944. The van der Waals surface area contributed by atoms with Crippen LogP contribution in [0.5, 0.6) is 0 Å². The number of carbonyl (C=O) groups is 1. The highest BCUT2D eigenvalue weighted by molar-refractivity contribution is 7.89. The molecule has 1 fully saturated rings. The van der Waals surface area contributed by atoms with Gasteiger partial charge in [-0.15, -0.1) is 0 Å². The molecule has 1 aromatic carbocycles. The SMILES string of the molecule is N#Cc1ccc(S(=O)(=O)N2CCN(c3cnc(C(=O)O)cn3)CC2)cc1. The summed E-state index contributed by atoms with van der Waals surface area (Å²) in [7, 11) is -3.63. The number of hydrogen-bond donors (Lipinski definition) is 1. The number of benzene rings is 1. The molecule has 0 aliphatic carbocycles. The Hall–Kier alpha value is -3.03. The number of carboxylic acid groups (broad SMARTS) is 1. The number of carboxylic acids is 1. The lowest BCUT2D eigenvalue weighted by Gasteiger charge is -2.34. The van der Waals surface area contributed by atoms with Crippen molar-refractivity contribution in [1.82, 2.24) is 14.3 Å². The molecule has 1 N–H and O–H groups in total. The van der Waals surface area contributed by atoms with E-state index in [1.807, 2.05) is 11.0 Å². The molecule has 0 radical (unpaired) electrons. The van der Waals surface area contributed by atoms with Crippen LogP contribution in [0.25, 0.3) is 0 Å². The summed E-state index contributed by atoms with van der Waals surface area (Å²) in [5.41, 5.74) is 0.257. The minimum atomic E-state index is -3.63. The lowest BCUT2D eigenvalue weighted by Crippen LogP contribution is -2.49. The number of aromatic carboxylic acids is 1. The average Bonchev–Trinajstić information content (AvgIpc) is 2.68. The fourth-order valence-corrected chi connectivity index (χ4v) is 4.03. The third kappa shape index (κ3) is 3.49. The first kappa shape index (κ1) is 17.8. The molecule has 0 amide bonds. The summed E-state index contributed by atoms with van der Waals surface area (Å²) >= 11 is 0. The Morgan fingerprint density at radius 3 is 2.23 bits per heavy atom. The van der Waals surface area contributed by atoms with Gasteiger partial charge in [0.2, 0.25) is 10.0 Å². The van der Waals surface area contributed by atoms with E-state index in [9.17, 15) is 13.2 Å². The standard InChI is InChI=1S/C16H15N5O4S/c17-9-12-1-3-13(4-2-12)26(24,25)21-7-5-20(6-8-21)15-11-18-14(10-19-15)16(22)23/h1-4,10-11H,5-8H2,(H,22,23). The first-order chi connectivity index (χ1) is 12.4. The lowest BCUT2D eigenvalue weighted by atomic mass is 10.2. The van der Waals surface area contributed by atoms with Crippen LogP contribution >= 0.6 is 0 Å². The number of nitrogens with zero attached hydrogens (tertiary/aromatic N) is 5. The van der Waals surface area contributed by atoms with Gasteiger partial charge in [0.05, 0.1) is 28.9 Å². The summed E-state index contributed by atoms with van der Waals surface area (Å²) in [6.45, 7) is 1.36. The van der Waals surface area contributed by atoms with Gasteiger partial charge < -0.3 is 10.0 Å². The second-order valence-corrected chi connectivity index (χ2v) is 7.53. The number of anilines is 1. The van der Waals surface area contributed by atoms with Gasteiger partial charge >= 0.3 is 5.97 Å². The first-order valence-electron chi connectivity index (χ1n) is 7.72. The van der Waals surface area contributed by atoms with E-state index in [0.717, 1.165) is 0 Å². The Labute approximate surface area is 150 Å². The van der Waals surface area contributed by atoms with E-state index in [1.165, 1.54) is 41.0 Å². The van der Waals surface area contributed by atoms with Gasteiger partial charge in [-0.05, 0) is 24.3 Å². The van der Waals surface area contributed by atoms with Gasteiger partial charge in [-0.1, -0.05) is 0 Å². The van der Waals surface area contributed by atoms with Crippen molar-refractivity contribution in [2.45, 2.75) is 4.90 Å². The van der Waals surface area contributed by atoms with Gasteiger partial charge in [0.25, 0.3) is 0 Å². The zero-order valence-corrected chi connectivity index (χ0v) is 14.4. The van der Waals surface area contributed by atoms with E-state index in [4.69, 9.17) is 10.4 Å². The van der Waals surface area contributed by atoms with Crippen molar-refractivity contribution in [3.8, 4) is 6.07 Å². The topological polar surface area (TPSA) is 127 Å². The molecule has 1 aliphatic heterocycles. The molecule has 26 heavy (non-hydrogen) atoms. The maximum atomic E-state index is 12.7. The fourth-order valence-electron chi connectivity index (χ4n) is 2.60. The van der Waals surface area contributed by atoms with Crippen molar-refractivity contribution in [3.63, 3.8) is 0 Å². The van der Waals surface area contributed by atoms with E-state index >= 15 is 0 Å². The summed E-state index contributed by atoms with van der Waals surface area (Å²) in [6.07, 6.45) is 2.55. The molecule has 0 saturated carbocycles. The van der Waals surface area contributed by atoms with Crippen LogP contribution in [0.3, 0.4) is 0 Å². The van der Waals surface area contributed by atoms with Crippen molar-refractivity contribution < 1.29 is 18.3 Å². The molecular weight excluding hydrogens is 358 g/mol. The number of sulfonamides is 1. The predicted octanol–water partition coefficient (Wildman–Crippen LogP) is 0.557. The van der Waals surface area contributed by atoms with E-state index in [2.05, 4.69) is 9.97 Å². The van der Waals surface area contributed by atoms with Gasteiger partial charge in [-0.25, -0.2) is 23.2 Å². The third-order valence-corrected chi connectivity index (χ3v) is 5.95. The van der Waals surface area contributed by atoms with Crippen LogP contribution in [0.2, 0.25) is 0 Å². The van der Waals surface area contributed by atoms with Crippen molar-refractivity contribution >= 4 is 21.8 Å². The molecule has 0 spiro atoms. The van der Waals surface area contributed by atoms with Crippen LogP contribution in [0.1, 0.15) is 16.1 Å². The van der Waals surface area contributed by atoms with Gasteiger partial charge in [-0.2, -0.15) is 9.57 Å². The second-order valence-electron chi connectivity index (χ2n) is 5.59.